The van der Waals surface area contributed by atoms with Gasteiger partial charge in [-0.3, -0.25) is 4.79 Å². The van der Waals surface area contributed by atoms with Crippen LogP contribution in [0.25, 0.3) is 0 Å². The lowest BCUT2D eigenvalue weighted by Gasteiger charge is -2.32. The predicted molar refractivity (Wildman–Crippen MR) is 55.0 cm³/mol. The number of amides is 1. The van der Waals surface area contributed by atoms with E-state index in [1.54, 1.807) is 11.9 Å². The summed E-state index contributed by atoms with van der Waals surface area (Å²) < 4.78 is 0. The SMILES string of the molecule is CNC(C)(C)C(=O)N1CCC[C@@H]1CO. The van der Waals surface area contributed by atoms with Crippen molar-refractivity contribution in [2.45, 2.75) is 38.3 Å². The van der Waals surface area contributed by atoms with Crippen molar-refractivity contribution in [2.24, 2.45) is 0 Å². The molecule has 1 saturated heterocycles. The second-order valence-electron chi connectivity index (χ2n) is 4.35. The molecule has 0 aromatic rings. The minimum absolute atomic E-state index is 0.0233. The molecular formula is C10H20N2O2. The third-order valence-corrected chi connectivity index (χ3v) is 3.01. The summed E-state index contributed by atoms with van der Waals surface area (Å²) in [4.78, 5) is 13.8. The normalized spacial score (nSPS) is 22.9. The smallest absolute Gasteiger partial charge is 0.242 e. The summed E-state index contributed by atoms with van der Waals surface area (Å²) in [5.74, 6) is 0.0801. The van der Waals surface area contributed by atoms with Gasteiger partial charge in [0.1, 0.15) is 0 Å². The maximum atomic E-state index is 12.0. The average Bonchev–Trinajstić information content (AvgIpc) is 2.64. The lowest BCUT2D eigenvalue weighted by atomic mass is 10.0. The zero-order chi connectivity index (χ0) is 10.8. The number of nitrogens with one attached hydrogen (secondary N) is 1. The van der Waals surface area contributed by atoms with E-state index in [1.165, 1.54) is 0 Å². The van der Waals surface area contributed by atoms with Crippen LogP contribution in [0.4, 0.5) is 0 Å². The number of aliphatic hydroxyl groups is 1. The predicted octanol–water partition coefficient (Wildman–Crippen LogP) is -0.0323. The fourth-order valence-electron chi connectivity index (χ4n) is 1.76. The molecule has 0 radical (unpaired) electrons. The highest BCUT2D eigenvalue weighted by Gasteiger charge is 2.36. The molecular weight excluding hydrogens is 180 g/mol. The molecule has 1 fully saturated rings. The molecule has 0 aromatic heterocycles. The molecule has 0 spiro atoms. The van der Waals surface area contributed by atoms with E-state index >= 15 is 0 Å². The van der Waals surface area contributed by atoms with Gasteiger partial charge >= 0.3 is 0 Å². The topological polar surface area (TPSA) is 52.6 Å². The van der Waals surface area contributed by atoms with Crippen LogP contribution in [0.1, 0.15) is 26.7 Å². The van der Waals surface area contributed by atoms with Gasteiger partial charge in [-0.2, -0.15) is 0 Å². The molecule has 0 unspecified atom stereocenters. The number of carbonyl (C=O) groups is 1. The average molecular weight is 200 g/mol. The molecule has 1 atom stereocenters. The minimum atomic E-state index is -0.530. The Hall–Kier alpha value is -0.610. The monoisotopic (exact) mass is 200 g/mol. The van der Waals surface area contributed by atoms with Gasteiger partial charge in [0.25, 0.3) is 0 Å². The first-order chi connectivity index (χ1) is 6.53. The molecule has 1 amide bonds. The van der Waals surface area contributed by atoms with E-state index < -0.39 is 5.54 Å². The van der Waals surface area contributed by atoms with Crippen LogP contribution in [0, 0.1) is 0 Å². The molecule has 0 saturated carbocycles. The number of carbonyl (C=O) groups excluding carboxylic acids is 1. The number of rotatable bonds is 3. The molecule has 2 N–H and O–H groups in total. The number of likely N-dealkylation sites (N-methyl/N-ethyl adjacent to an activating group) is 1. The number of nitrogens with zero attached hydrogens (tertiary/aromatic N) is 1. The van der Waals surface area contributed by atoms with Crippen LogP contribution >= 0.6 is 0 Å². The zero-order valence-corrected chi connectivity index (χ0v) is 9.21. The summed E-state index contributed by atoms with van der Waals surface area (Å²) in [5.41, 5.74) is -0.530. The first-order valence-corrected chi connectivity index (χ1v) is 5.13. The molecule has 1 aliphatic rings. The Morgan fingerprint density at radius 2 is 2.29 bits per heavy atom. The number of aliphatic hydroxyl groups excluding tert-OH is 1. The lowest BCUT2D eigenvalue weighted by molar-refractivity contribution is -0.138. The molecule has 4 nitrogen and oxygen atoms in total. The van der Waals surface area contributed by atoms with Crippen LogP contribution in [0.3, 0.4) is 0 Å². The van der Waals surface area contributed by atoms with Crippen molar-refractivity contribution in [3.8, 4) is 0 Å². The highest BCUT2D eigenvalue weighted by atomic mass is 16.3. The van der Waals surface area contributed by atoms with Gasteiger partial charge in [-0.25, -0.2) is 0 Å². The van der Waals surface area contributed by atoms with Crippen LogP contribution in [0.2, 0.25) is 0 Å². The zero-order valence-electron chi connectivity index (χ0n) is 9.21. The van der Waals surface area contributed by atoms with Gasteiger partial charge in [0.2, 0.25) is 5.91 Å². The van der Waals surface area contributed by atoms with Gasteiger partial charge in [0.15, 0.2) is 0 Å². The standard InChI is InChI=1S/C10H20N2O2/c1-10(2,11-3)9(14)12-6-4-5-8(12)7-13/h8,11,13H,4-7H2,1-3H3/t8-/m1/s1. The van der Waals surface area contributed by atoms with Crippen LogP contribution in [0.15, 0.2) is 0 Å². The molecule has 14 heavy (non-hydrogen) atoms. The van der Waals surface area contributed by atoms with Crippen LogP contribution < -0.4 is 5.32 Å². The second-order valence-corrected chi connectivity index (χ2v) is 4.35. The van der Waals surface area contributed by atoms with Crippen molar-refractivity contribution in [1.82, 2.24) is 10.2 Å². The van der Waals surface area contributed by atoms with Crippen molar-refractivity contribution < 1.29 is 9.90 Å². The van der Waals surface area contributed by atoms with Crippen LogP contribution in [0.5, 0.6) is 0 Å². The van der Waals surface area contributed by atoms with Crippen molar-refractivity contribution in [1.29, 1.82) is 0 Å². The minimum Gasteiger partial charge on any atom is -0.394 e. The van der Waals surface area contributed by atoms with Gasteiger partial charge in [0, 0.05) is 6.54 Å². The van der Waals surface area contributed by atoms with Crippen molar-refractivity contribution in [3.63, 3.8) is 0 Å². The Labute approximate surface area is 85.3 Å². The summed E-state index contributed by atoms with van der Waals surface area (Å²) >= 11 is 0. The molecule has 0 aliphatic carbocycles. The summed E-state index contributed by atoms with van der Waals surface area (Å²) in [5, 5.41) is 12.1. The summed E-state index contributed by atoms with van der Waals surface area (Å²) in [6.45, 7) is 4.57. The Morgan fingerprint density at radius 3 is 2.79 bits per heavy atom. The first kappa shape index (κ1) is 11.5. The molecule has 4 heteroatoms. The fourth-order valence-corrected chi connectivity index (χ4v) is 1.76. The summed E-state index contributed by atoms with van der Waals surface area (Å²) in [6, 6.07) is 0.0233. The van der Waals surface area contributed by atoms with Gasteiger partial charge in [-0.1, -0.05) is 0 Å². The van der Waals surface area contributed by atoms with Crippen molar-refractivity contribution in [3.05, 3.63) is 0 Å². The summed E-state index contributed by atoms with van der Waals surface area (Å²) in [7, 11) is 1.78. The van der Waals surface area contributed by atoms with Crippen molar-refractivity contribution in [2.75, 3.05) is 20.2 Å². The maximum absolute atomic E-state index is 12.0. The van der Waals surface area contributed by atoms with E-state index in [0.29, 0.717) is 0 Å². The maximum Gasteiger partial charge on any atom is 0.242 e. The van der Waals surface area contributed by atoms with E-state index in [-0.39, 0.29) is 18.6 Å². The van der Waals surface area contributed by atoms with E-state index in [1.807, 2.05) is 13.8 Å². The van der Waals surface area contributed by atoms with E-state index in [0.717, 1.165) is 19.4 Å². The molecule has 1 rings (SSSR count). The number of hydrogen-bond acceptors (Lipinski definition) is 3. The van der Waals surface area contributed by atoms with Gasteiger partial charge in [-0.05, 0) is 33.7 Å². The first-order valence-electron chi connectivity index (χ1n) is 5.13. The Morgan fingerprint density at radius 1 is 1.64 bits per heavy atom. The molecule has 0 bridgehead atoms. The largest absolute Gasteiger partial charge is 0.394 e. The van der Waals surface area contributed by atoms with Gasteiger partial charge in [0.05, 0.1) is 18.2 Å². The third kappa shape index (κ3) is 2.07. The highest BCUT2D eigenvalue weighted by molar-refractivity contribution is 5.86. The summed E-state index contributed by atoms with van der Waals surface area (Å²) in [6.07, 6.45) is 1.92. The molecule has 82 valence electrons. The second kappa shape index (κ2) is 4.28. The van der Waals surface area contributed by atoms with Crippen molar-refractivity contribution >= 4 is 5.91 Å². The number of hydrogen-bond donors (Lipinski definition) is 2. The lowest BCUT2D eigenvalue weighted by Crippen LogP contribution is -2.54. The molecule has 0 aromatic carbocycles. The molecule has 1 aliphatic heterocycles. The Kier molecular flexibility index (Phi) is 3.50. The fraction of sp³-hybridized carbons (Fsp3) is 0.900. The van der Waals surface area contributed by atoms with Crippen LogP contribution in [-0.4, -0.2) is 47.7 Å². The van der Waals surface area contributed by atoms with Gasteiger partial charge in [-0.15, -0.1) is 0 Å². The molecule has 1 heterocycles. The van der Waals surface area contributed by atoms with E-state index in [9.17, 15) is 4.79 Å². The van der Waals surface area contributed by atoms with Crippen LogP contribution in [-0.2, 0) is 4.79 Å². The third-order valence-electron chi connectivity index (χ3n) is 3.01. The Balaban J connectivity index is 2.69. The Bertz CT molecular complexity index is 216. The van der Waals surface area contributed by atoms with E-state index in [2.05, 4.69) is 5.32 Å². The number of likely N-dealkylation sites (tertiary alicyclic amines) is 1. The quantitative estimate of drug-likeness (QED) is 0.672. The highest BCUT2D eigenvalue weighted by Crippen LogP contribution is 2.20. The van der Waals surface area contributed by atoms with Gasteiger partial charge < -0.3 is 15.3 Å². The van der Waals surface area contributed by atoms with E-state index in [4.69, 9.17) is 5.11 Å².